The van der Waals surface area contributed by atoms with Gasteiger partial charge in [0.2, 0.25) is 17.7 Å². The molecule has 3 amide bonds. The molecule has 3 fully saturated rings. The number of thiophene rings is 1. The van der Waals surface area contributed by atoms with Crippen molar-refractivity contribution in [3.05, 3.63) is 94.9 Å². The fraction of sp³-hybridized carbons (Fsp3) is 0.425. The van der Waals surface area contributed by atoms with Crippen molar-refractivity contribution < 1.29 is 41.8 Å². The molecule has 16 heteroatoms. The van der Waals surface area contributed by atoms with Gasteiger partial charge in [-0.05, 0) is 100 Å². The van der Waals surface area contributed by atoms with Crippen LogP contribution < -0.4 is 14.9 Å². The number of hydrogen-bond acceptors (Lipinski definition) is 9. The molecule has 3 aliphatic heterocycles. The lowest BCUT2D eigenvalue weighted by Crippen LogP contribution is -2.58. The van der Waals surface area contributed by atoms with Gasteiger partial charge >= 0.3 is 13.5 Å². The molecule has 0 bridgehead atoms. The predicted octanol–water partition coefficient (Wildman–Crippen LogP) is 6.87. The number of rotatable bonds is 12. The summed E-state index contributed by atoms with van der Waals surface area (Å²) in [5.41, 5.74) is 0.480. The van der Waals surface area contributed by atoms with Crippen molar-refractivity contribution in [1.82, 2.24) is 25.2 Å². The van der Waals surface area contributed by atoms with Gasteiger partial charge in [0.05, 0.1) is 11.0 Å². The summed E-state index contributed by atoms with van der Waals surface area (Å²) in [5.74, 6) is -4.24. The Morgan fingerprint density at radius 2 is 1.77 bits per heavy atom. The highest BCUT2D eigenvalue weighted by molar-refractivity contribution is 7.57. The Balaban J connectivity index is 1.04. The maximum absolute atomic E-state index is 16.5. The van der Waals surface area contributed by atoms with Gasteiger partial charge in [-0.25, -0.2) is 13.9 Å². The van der Waals surface area contributed by atoms with E-state index in [9.17, 15) is 28.1 Å². The number of benzene rings is 2. The number of fused-ring (bicyclic) bond motifs is 2. The van der Waals surface area contributed by atoms with Gasteiger partial charge < -0.3 is 24.4 Å². The number of alkyl halides is 1. The van der Waals surface area contributed by atoms with E-state index in [0.717, 1.165) is 11.3 Å². The van der Waals surface area contributed by atoms with Crippen LogP contribution in [0, 0.1) is 5.82 Å². The molecule has 0 radical (unpaired) electrons. The number of carbonyl (C=O) groups excluding carboxylic acids is 4. The van der Waals surface area contributed by atoms with E-state index >= 15 is 4.39 Å². The van der Waals surface area contributed by atoms with Crippen molar-refractivity contribution >= 4 is 52.6 Å². The zero-order valence-electron chi connectivity index (χ0n) is 31.2. The fourth-order valence-corrected chi connectivity index (χ4v) is 10.5. The van der Waals surface area contributed by atoms with E-state index in [4.69, 9.17) is 9.26 Å². The van der Waals surface area contributed by atoms with Gasteiger partial charge in [0.1, 0.15) is 29.7 Å². The van der Waals surface area contributed by atoms with Crippen LogP contribution in [0.1, 0.15) is 85.5 Å². The Bertz CT molecular complexity index is 2170. The van der Waals surface area contributed by atoms with Crippen LogP contribution in [0.3, 0.4) is 0 Å². The number of esters is 1. The fourth-order valence-electron chi connectivity index (χ4n) is 7.67. The van der Waals surface area contributed by atoms with Gasteiger partial charge in [-0.2, -0.15) is 0 Å². The average molecular weight is 808 g/mol. The summed E-state index contributed by atoms with van der Waals surface area (Å²) in [6, 6.07) is 12.8. The van der Waals surface area contributed by atoms with Crippen LogP contribution in [0.2, 0.25) is 0 Å². The smallest absolute Gasteiger partial charge is 0.355 e. The Morgan fingerprint density at radius 1 is 1.00 bits per heavy atom. The molecule has 2 aromatic heterocycles. The van der Waals surface area contributed by atoms with Crippen LogP contribution in [0.15, 0.2) is 73.1 Å². The van der Waals surface area contributed by atoms with E-state index in [1.54, 1.807) is 54.0 Å². The Hall–Kier alpha value is -4.72. The molecule has 12 nitrogen and oxygen atoms in total. The standard InChI is InChI=1S/C40H44F2N5O7PS/c1-23(2)53-40(51)24(3)45-55(52,54-29-9-5-4-6-10-29)36(42)25-12-15-34-26(18-25)19-35(56-34)37(48)44-32-11-7-8-28-13-14-33(47(28)38(32)49)39(50)46-21-27(22-46)30-20-43-17-16-31(30)41/h4-6,9-10,12,15-20,23-24,27-28,32-33,36H,7-8,11,13-14,21-22H2,1-3H3,(H,44,48)(H,45,52)/t24-,28-,32-,33-,36?,55?/m0/s1. The number of nitrogens with zero attached hydrogens (tertiary/aromatic N) is 3. The number of likely N-dealkylation sites (tertiary alicyclic amines) is 1. The number of nitrogens with one attached hydrogen (secondary N) is 2. The molecule has 0 saturated carbocycles. The molecule has 4 aromatic rings. The van der Waals surface area contributed by atoms with E-state index in [0.29, 0.717) is 60.8 Å². The van der Waals surface area contributed by atoms with E-state index in [1.165, 1.54) is 49.6 Å². The van der Waals surface area contributed by atoms with E-state index in [1.807, 2.05) is 0 Å². The molecule has 0 spiro atoms. The minimum absolute atomic E-state index is 0.00673. The van der Waals surface area contributed by atoms with E-state index < -0.39 is 49.5 Å². The number of amides is 3. The number of halogens is 2. The lowest BCUT2D eigenvalue weighted by Gasteiger charge is -2.42. The van der Waals surface area contributed by atoms with Gasteiger partial charge in [-0.15, -0.1) is 11.3 Å². The summed E-state index contributed by atoms with van der Waals surface area (Å²) in [6.07, 6.45) is 5.45. The average Bonchev–Trinajstić information content (AvgIpc) is 3.75. The molecule has 2 aromatic carbocycles. The van der Waals surface area contributed by atoms with Gasteiger partial charge in [0, 0.05) is 47.7 Å². The predicted molar refractivity (Wildman–Crippen MR) is 206 cm³/mol. The summed E-state index contributed by atoms with van der Waals surface area (Å²) >= 11 is 1.16. The third-order valence-corrected chi connectivity index (χ3v) is 13.7. The number of ether oxygens (including phenoxy) is 1. The normalized spacial score (nSPS) is 22.1. The molecule has 0 aliphatic carbocycles. The van der Waals surface area contributed by atoms with Crippen LogP contribution in [-0.4, -0.2) is 81.8 Å². The van der Waals surface area contributed by atoms with Crippen molar-refractivity contribution in [3.8, 4) is 5.75 Å². The van der Waals surface area contributed by atoms with Gasteiger partial charge in [0.25, 0.3) is 5.91 Å². The highest BCUT2D eigenvalue weighted by Gasteiger charge is 2.48. The SMILES string of the molecule is CC(C)OC(=O)[C@H](C)NP(=O)(Oc1ccccc1)C(F)c1ccc2sc(C(=O)N[C@H]3CCC[C@H]4CC[C@@H](C(=O)N5CC(c6cnccc6F)C5)N4C3=O)cc2c1. The zero-order valence-corrected chi connectivity index (χ0v) is 32.9. The first kappa shape index (κ1) is 39.5. The lowest BCUT2D eigenvalue weighted by atomic mass is 9.91. The third kappa shape index (κ3) is 8.21. The van der Waals surface area contributed by atoms with Crippen LogP contribution in [-0.2, 0) is 23.7 Å². The largest absolute Gasteiger partial charge is 0.462 e. The number of carbonyl (C=O) groups is 4. The number of aromatic nitrogens is 1. The van der Waals surface area contributed by atoms with Crippen molar-refractivity contribution in [2.24, 2.45) is 0 Å². The van der Waals surface area contributed by atoms with E-state index in [2.05, 4.69) is 15.4 Å². The van der Waals surface area contributed by atoms with E-state index in [-0.39, 0.29) is 45.8 Å². The van der Waals surface area contributed by atoms with Crippen LogP contribution in [0.5, 0.6) is 5.75 Å². The molecular formula is C40H44F2N5O7PS. The van der Waals surface area contributed by atoms with Gasteiger partial charge in [0.15, 0.2) is 0 Å². The zero-order chi connectivity index (χ0) is 39.7. The van der Waals surface area contributed by atoms with Crippen molar-refractivity contribution in [1.29, 1.82) is 0 Å². The second-order valence-corrected chi connectivity index (χ2v) is 18.0. The van der Waals surface area contributed by atoms with Crippen molar-refractivity contribution in [2.75, 3.05) is 13.1 Å². The Labute approximate surface area is 327 Å². The highest BCUT2D eigenvalue weighted by atomic mass is 32.1. The molecule has 56 heavy (non-hydrogen) atoms. The monoisotopic (exact) mass is 807 g/mol. The first-order chi connectivity index (χ1) is 26.8. The van der Waals surface area contributed by atoms with Crippen LogP contribution in [0.25, 0.3) is 10.1 Å². The third-order valence-electron chi connectivity index (χ3n) is 10.5. The molecule has 7 rings (SSSR count). The molecule has 6 atom stereocenters. The summed E-state index contributed by atoms with van der Waals surface area (Å²) in [6.45, 7) is 5.45. The van der Waals surface area contributed by atoms with Crippen LogP contribution >= 0.6 is 18.9 Å². The maximum atomic E-state index is 16.5. The summed E-state index contributed by atoms with van der Waals surface area (Å²) < 4.78 is 56.6. The van der Waals surface area contributed by atoms with Crippen molar-refractivity contribution in [3.63, 3.8) is 0 Å². The molecule has 5 heterocycles. The first-order valence-corrected chi connectivity index (χ1v) is 21.3. The second kappa shape index (κ2) is 16.4. The molecule has 3 aliphatic rings. The highest BCUT2D eigenvalue weighted by Crippen LogP contribution is 2.58. The summed E-state index contributed by atoms with van der Waals surface area (Å²) in [7, 11) is -4.46. The first-order valence-electron chi connectivity index (χ1n) is 18.8. The second-order valence-electron chi connectivity index (χ2n) is 14.9. The number of hydrogen-bond donors (Lipinski definition) is 2. The minimum Gasteiger partial charge on any atom is -0.462 e. The van der Waals surface area contributed by atoms with Gasteiger partial charge in [-0.3, -0.25) is 28.7 Å². The Morgan fingerprint density at radius 3 is 2.50 bits per heavy atom. The molecule has 296 valence electrons. The molecule has 2 N–H and O–H groups in total. The molecular weight excluding hydrogens is 764 g/mol. The minimum atomic E-state index is -4.46. The molecule has 2 unspecified atom stereocenters. The number of para-hydroxylation sites is 1. The topological polar surface area (TPSA) is 147 Å². The summed E-state index contributed by atoms with van der Waals surface area (Å²) in [5, 5.41) is 5.98. The molecule has 3 saturated heterocycles. The Kier molecular flexibility index (Phi) is 11.6. The van der Waals surface area contributed by atoms with Crippen molar-refractivity contribution in [2.45, 2.75) is 95.0 Å². The maximum Gasteiger partial charge on any atom is 0.355 e. The lowest BCUT2D eigenvalue weighted by molar-refractivity contribution is -0.149. The quantitative estimate of drug-likeness (QED) is 0.116. The summed E-state index contributed by atoms with van der Waals surface area (Å²) in [4.78, 5) is 61.6. The van der Waals surface area contributed by atoms with Gasteiger partial charge in [-0.1, -0.05) is 24.3 Å². The van der Waals surface area contributed by atoms with Crippen LogP contribution in [0.4, 0.5) is 8.78 Å². The number of pyridine rings is 1.